The average Bonchev–Trinajstić information content (AvgIpc) is 3.13. The summed E-state index contributed by atoms with van der Waals surface area (Å²) in [5, 5.41) is 4.49. The second kappa shape index (κ2) is 4.13. The van der Waals surface area contributed by atoms with Crippen LogP contribution in [-0.2, 0) is 11.3 Å². The Hall–Kier alpha value is -1.97. The van der Waals surface area contributed by atoms with E-state index in [1.165, 1.54) is 18.5 Å². The fourth-order valence-corrected chi connectivity index (χ4v) is 2.02. The average molecular weight is 227 g/mol. The number of aldehydes is 1. The molecule has 2 heterocycles. The molecule has 3 rings (SSSR count). The number of hydrogen-bond acceptors (Lipinski definition) is 3. The first kappa shape index (κ1) is 10.2. The van der Waals surface area contributed by atoms with Crippen LogP contribution in [0.3, 0.4) is 0 Å². The van der Waals surface area contributed by atoms with Crippen LogP contribution in [0.2, 0.25) is 0 Å². The second-order valence-corrected chi connectivity index (χ2v) is 4.31. The Kier molecular flexibility index (Phi) is 2.48. The smallest absolute Gasteiger partial charge is 0.141 e. The van der Waals surface area contributed by atoms with E-state index >= 15 is 0 Å². The largest absolute Gasteiger partial charge is 0.301 e. The molecule has 0 N–H and O–H groups in total. The van der Waals surface area contributed by atoms with E-state index in [9.17, 15) is 4.79 Å². The van der Waals surface area contributed by atoms with Gasteiger partial charge in [0.15, 0.2) is 0 Å². The first-order valence-electron chi connectivity index (χ1n) is 5.80. The Labute approximate surface area is 99.3 Å². The second-order valence-electron chi connectivity index (χ2n) is 4.31. The number of nitrogens with zero attached hydrogens (tertiary/aromatic N) is 3. The molecule has 1 fully saturated rings. The van der Waals surface area contributed by atoms with Gasteiger partial charge in [-0.2, -0.15) is 5.10 Å². The maximum absolute atomic E-state index is 10.6. The maximum Gasteiger partial charge on any atom is 0.141 e. The lowest BCUT2D eigenvalue weighted by Crippen LogP contribution is -2.04. The molecule has 4 heteroatoms. The Bertz CT molecular complexity index is 529. The fourth-order valence-electron chi connectivity index (χ4n) is 2.02. The van der Waals surface area contributed by atoms with Gasteiger partial charge in [-0.3, -0.25) is 9.67 Å². The number of carbonyl (C=O) groups excluding carboxylic acids is 1. The summed E-state index contributed by atoms with van der Waals surface area (Å²) in [5.74, 6) is 0.595. The van der Waals surface area contributed by atoms with Crippen molar-refractivity contribution in [3.05, 3.63) is 36.3 Å². The van der Waals surface area contributed by atoms with Crippen LogP contribution in [0.15, 0.2) is 30.6 Å². The molecule has 0 radical (unpaired) electrons. The Morgan fingerprint density at radius 3 is 2.76 bits per heavy atom. The normalized spacial score (nSPS) is 14.8. The van der Waals surface area contributed by atoms with Crippen molar-refractivity contribution in [3.8, 4) is 11.3 Å². The van der Waals surface area contributed by atoms with E-state index in [0.717, 1.165) is 17.5 Å². The zero-order valence-corrected chi connectivity index (χ0v) is 9.41. The van der Waals surface area contributed by atoms with Gasteiger partial charge in [-0.1, -0.05) is 0 Å². The molecule has 17 heavy (non-hydrogen) atoms. The summed E-state index contributed by atoms with van der Waals surface area (Å²) >= 11 is 0. The maximum atomic E-state index is 10.6. The van der Waals surface area contributed by atoms with E-state index in [2.05, 4.69) is 16.1 Å². The van der Waals surface area contributed by atoms with Gasteiger partial charge in [0, 0.05) is 29.6 Å². The van der Waals surface area contributed by atoms with Crippen LogP contribution in [0.25, 0.3) is 11.3 Å². The van der Waals surface area contributed by atoms with Crippen molar-refractivity contribution >= 4 is 6.29 Å². The Morgan fingerprint density at radius 2 is 2.12 bits per heavy atom. The predicted octanol–water partition coefficient (Wildman–Crippen LogP) is 2.02. The molecule has 0 spiro atoms. The van der Waals surface area contributed by atoms with Gasteiger partial charge in [-0.05, 0) is 31.0 Å². The minimum absolute atomic E-state index is 0.344. The first-order chi connectivity index (χ1) is 8.38. The van der Waals surface area contributed by atoms with Crippen molar-refractivity contribution in [2.45, 2.75) is 25.3 Å². The minimum atomic E-state index is 0.344. The molecule has 0 saturated heterocycles. The van der Waals surface area contributed by atoms with Crippen LogP contribution in [0.5, 0.6) is 0 Å². The monoisotopic (exact) mass is 227 g/mol. The van der Waals surface area contributed by atoms with E-state index in [1.54, 1.807) is 12.4 Å². The van der Waals surface area contributed by atoms with Gasteiger partial charge in [0.2, 0.25) is 0 Å². The van der Waals surface area contributed by atoms with E-state index in [4.69, 9.17) is 0 Å². The van der Waals surface area contributed by atoms with Gasteiger partial charge in [0.05, 0.1) is 12.2 Å². The molecule has 0 atom stereocenters. The van der Waals surface area contributed by atoms with Crippen LogP contribution < -0.4 is 0 Å². The molecule has 1 saturated carbocycles. The molecule has 1 aliphatic rings. The fraction of sp³-hybridized carbons (Fsp3) is 0.308. The van der Waals surface area contributed by atoms with Crippen molar-refractivity contribution in [1.82, 2.24) is 14.8 Å². The lowest BCUT2D eigenvalue weighted by molar-refractivity contribution is -0.108. The minimum Gasteiger partial charge on any atom is -0.301 e. The summed E-state index contributed by atoms with van der Waals surface area (Å²) in [7, 11) is 0. The van der Waals surface area contributed by atoms with E-state index in [0.29, 0.717) is 12.5 Å². The highest BCUT2D eigenvalue weighted by Gasteiger charge is 2.28. The number of rotatable bonds is 4. The molecule has 4 nitrogen and oxygen atoms in total. The van der Waals surface area contributed by atoms with Gasteiger partial charge in [0.1, 0.15) is 6.29 Å². The molecule has 86 valence electrons. The summed E-state index contributed by atoms with van der Waals surface area (Å²) in [5.41, 5.74) is 3.16. The molecule has 2 aromatic rings. The number of carbonyl (C=O) groups is 1. The Balaban J connectivity index is 2.00. The highest BCUT2D eigenvalue weighted by Crippen LogP contribution is 2.41. The third kappa shape index (κ3) is 1.98. The summed E-state index contributed by atoms with van der Waals surface area (Å²) in [6.45, 7) is 0.344. The lowest BCUT2D eigenvalue weighted by atomic mass is 10.2. The number of aromatic nitrogens is 3. The summed E-state index contributed by atoms with van der Waals surface area (Å²) in [6, 6.07) is 5.96. The van der Waals surface area contributed by atoms with Crippen molar-refractivity contribution in [2.24, 2.45) is 0 Å². The van der Waals surface area contributed by atoms with E-state index in [1.807, 2.05) is 16.8 Å². The zero-order valence-electron chi connectivity index (χ0n) is 9.41. The Morgan fingerprint density at radius 1 is 1.35 bits per heavy atom. The van der Waals surface area contributed by atoms with Crippen molar-refractivity contribution in [2.75, 3.05) is 0 Å². The molecule has 0 aliphatic heterocycles. The summed E-state index contributed by atoms with van der Waals surface area (Å²) in [6.07, 6.45) is 6.83. The molecule has 0 aromatic carbocycles. The van der Waals surface area contributed by atoms with Gasteiger partial charge in [-0.15, -0.1) is 0 Å². The van der Waals surface area contributed by atoms with E-state index < -0.39 is 0 Å². The quantitative estimate of drug-likeness (QED) is 0.751. The van der Waals surface area contributed by atoms with Crippen LogP contribution in [-0.4, -0.2) is 21.1 Å². The molecule has 2 aromatic heterocycles. The lowest BCUT2D eigenvalue weighted by Gasteiger charge is -1.99. The van der Waals surface area contributed by atoms with Crippen LogP contribution in [0.4, 0.5) is 0 Å². The molecule has 1 aliphatic carbocycles. The van der Waals surface area contributed by atoms with Gasteiger partial charge in [0.25, 0.3) is 0 Å². The van der Waals surface area contributed by atoms with Gasteiger partial charge >= 0.3 is 0 Å². The third-order valence-corrected chi connectivity index (χ3v) is 3.03. The molecular formula is C13H13N3O. The van der Waals surface area contributed by atoms with E-state index in [-0.39, 0.29) is 0 Å². The molecule has 0 amide bonds. The third-order valence-electron chi connectivity index (χ3n) is 3.03. The SMILES string of the molecule is O=CCn1nc(-c2ccncc2)cc1C1CC1. The predicted molar refractivity (Wildman–Crippen MR) is 63.5 cm³/mol. The topological polar surface area (TPSA) is 47.8 Å². The highest BCUT2D eigenvalue weighted by molar-refractivity contribution is 5.59. The van der Waals surface area contributed by atoms with Crippen LogP contribution in [0.1, 0.15) is 24.5 Å². The van der Waals surface area contributed by atoms with Crippen LogP contribution >= 0.6 is 0 Å². The standard InChI is InChI=1S/C13H13N3O/c17-8-7-16-13(11-1-2-11)9-12(15-16)10-3-5-14-6-4-10/h3-6,8-9,11H,1-2,7H2. The number of pyridine rings is 1. The van der Waals surface area contributed by atoms with Crippen molar-refractivity contribution in [1.29, 1.82) is 0 Å². The van der Waals surface area contributed by atoms with Crippen molar-refractivity contribution in [3.63, 3.8) is 0 Å². The summed E-state index contributed by atoms with van der Waals surface area (Å²) in [4.78, 5) is 14.6. The first-order valence-corrected chi connectivity index (χ1v) is 5.80. The molecule has 0 unspecified atom stereocenters. The van der Waals surface area contributed by atoms with Gasteiger partial charge < -0.3 is 4.79 Å². The van der Waals surface area contributed by atoms with Crippen molar-refractivity contribution < 1.29 is 4.79 Å². The molecular weight excluding hydrogens is 214 g/mol. The number of hydrogen-bond donors (Lipinski definition) is 0. The highest BCUT2D eigenvalue weighted by atomic mass is 16.1. The zero-order chi connectivity index (χ0) is 11.7. The molecule has 0 bridgehead atoms. The van der Waals surface area contributed by atoms with Crippen LogP contribution in [0, 0.1) is 0 Å². The summed E-state index contributed by atoms with van der Waals surface area (Å²) < 4.78 is 1.82. The van der Waals surface area contributed by atoms with Gasteiger partial charge in [-0.25, -0.2) is 0 Å².